The van der Waals surface area contributed by atoms with E-state index < -0.39 is 5.60 Å². The molecule has 0 heterocycles. The zero-order chi connectivity index (χ0) is 18.3. The molecule has 0 unspecified atom stereocenters. The highest BCUT2D eigenvalue weighted by molar-refractivity contribution is 5.97. The average Bonchev–Trinajstić information content (AvgIpc) is 2.62. The first kappa shape index (κ1) is 19.3. The number of nitrogens with one attached hydrogen (secondary N) is 1. The molecule has 1 aliphatic carbocycles. The molecule has 0 saturated heterocycles. The van der Waals surface area contributed by atoms with Gasteiger partial charge in [-0.1, -0.05) is 26.7 Å². The Morgan fingerprint density at radius 2 is 2.28 bits per heavy atom. The van der Waals surface area contributed by atoms with Gasteiger partial charge >= 0.3 is 0 Å². The van der Waals surface area contributed by atoms with Gasteiger partial charge in [-0.3, -0.25) is 4.79 Å². The summed E-state index contributed by atoms with van der Waals surface area (Å²) in [7, 11) is 1.60. The van der Waals surface area contributed by atoms with Crippen LogP contribution in [0.1, 0.15) is 57.9 Å². The van der Waals surface area contributed by atoms with Gasteiger partial charge in [0.2, 0.25) is 0 Å². The summed E-state index contributed by atoms with van der Waals surface area (Å²) in [5.41, 5.74) is 0.247. The molecule has 1 aliphatic rings. The monoisotopic (exact) mass is 344 g/mol. The Bertz CT molecular complexity index is 638. The van der Waals surface area contributed by atoms with E-state index in [0.717, 1.165) is 38.5 Å². The third-order valence-corrected chi connectivity index (χ3v) is 4.87. The minimum atomic E-state index is -0.777. The van der Waals surface area contributed by atoms with Gasteiger partial charge in [0.05, 0.1) is 12.2 Å². The minimum absolute atomic E-state index is 0.134. The fourth-order valence-electron chi connectivity index (χ4n) is 3.38. The zero-order valence-electron chi connectivity index (χ0n) is 15.4. The quantitative estimate of drug-likeness (QED) is 0.750. The second-order valence-corrected chi connectivity index (χ2v) is 6.88. The van der Waals surface area contributed by atoms with Crippen molar-refractivity contribution in [2.24, 2.45) is 5.92 Å². The molecular weight excluding hydrogens is 316 g/mol. The molecule has 1 fully saturated rings. The van der Waals surface area contributed by atoms with Crippen LogP contribution in [-0.4, -0.2) is 25.2 Å². The Kier molecular flexibility index (Phi) is 6.83. The van der Waals surface area contributed by atoms with E-state index in [1.807, 2.05) is 0 Å². The van der Waals surface area contributed by atoms with Crippen molar-refractivity contribution in [1.82, 2.24) is 0 Å². The van der Waals surface area contributed by atoms with Crippen LogP contribution in [-0.2, 0) is 9.53 Å². The number of methoxy groups -OCH3 is 1. The molecule has 1 amide bonds. The summed E-state index contributed by atoms with van der Waals surface area (Å²) in [4.78, 5) is 12.8. The summed E-state index contributed by atoms with van der Waals surface area (Å²) >= 11 is 0. The van der Waals surface area contributed by atoms with Crippen molar-refractivity contribution in [1.29, 1.82) is 5.26 Å². The fourth-order valence-corrected chi connectivity index (χ4v) is 3.38. The lowest BCUT2D eigenvalue weighted by Crippen LogP contribution is -2.47. The maximum absolute atomic E-state index is 12.8. The Labute approximate surface area is 150 Å². The third-order valence-electron chi connectivity index (χ3n) is 4.87. The van der Waals surface area contributed by atoms with Crippen LogP contribution in [0.5, 0.6) is 5.75 Å². The summed E-state index contributed by atoms with van der Waals surface area (Å²) < 4.78 is 11.3. The van der Waals surface area contributed by atoms with Gasteiger partial charge in [0.25, 0.3) is 5.91 Å². The predicted molar refractivity (Wildman–Crippen MR) is 97.6 cm³/mol. The van der Waals surface area contributed by atoms with E-state index in [4.69, 9.17) is 9.47 Å². The molecule has 1 aromatic carbocycles. The summed E-state index contributed by atoms with van der Waals surface area (Å²) in [6.45, 7) is 4.82. The molecule has 0 bridgehead atoms. The molecule has 2 rings (SSSR count). The first-order valence-corrected chi connectivity index (χ1v) is 9.08. The summed E-state index contributed by atoms with van der Waals surface area (Å²) in [5, 5.41) is 12.3. The van der Waals surface area contributed by atoms with E-state index in [1.54, 1.807) is 25.3 Å². The maximum atomic E-state index is 12.8. The molecule has 25 heavy (non-hydrogen) atoms. The molecule has 0 aliphatic heterocycles. The first-order valence-electron chi connectivity index (χ1n) is 9.08. The predicted octanol–water partition coefficient (Wildman–Crippen LogP) is 4.27. The normalized spacial score (nSPS) is 22.9. The van der Waals surface area contributed by atoms with Gasteiger partial charge in [-0.05, 0) is 49.8 Å². The van der Waals surface area contributed by atoms with Gasteiger partial charge in [-0.2, -0.15) is 5.26 Å². The van der Waals surface area contributed by atoms with E-state index in [-0.39, 0.29) is 5.91 Å². The van der Waals surface area contributed by atoms with Crippen LogP contribution < -0.4 is 10.1 Å². The molecule has 2 atom stereocenters. The van der Waals surface area contributed by atoms with Crippen LogP contribution in [0.3, 0.4) is 0 Å². The molecule has 5 nitrogen and oxygen atoms in total. The largest absolute Gasteiger partial charge is 0.492 e. The molecule has 0 spiro atoms. The first-order chi connectivity index (χ1) is 12.0. The topological polar surface area (TPSA) is 71.3 Å². The van der Waals surface area contributed by atoms with E-state index in [0.29, 0.717) is 29.5 Å². The van der Waals surface area contributed by atoms with Gasteiger partial charge in [-0.15, -0.1) is 0 Å². The van der Waals surface area contributed by atoms with Crippen LogP contribution in [0.15, 0.2) is 18.2 Å². The van der Waals surface area contributed by atoms with Crippen LogP contribution in [0, 0.1) is 17.2 Å². The number of ether oxygens (including phenoxy) is 2. The SMILES string of the molecule is CCCCOc1ccc(NC(=O)[C@@]2(OC)CCC[C@H](C)C2)cc1C#N. The summed E-state index contributed by atoms with van der Waals surface area (Å²) in [6, 6.07) is 7.32. The lowest BCUT2D eigenvalue weighted by molar-refractivity contribution is -0.143. The van der Waals surface area contributed by atoms with E-state index in [1.165, 1.54) is 0 Å². The van der Waals surface area contributed by atoms with Crippen molar-refractivity contribution >= 4 is 11.6 Å². The fraction of sp³-hybridized carbons (Fsp3) is 0.600. The Morgan fingerprint density at radius 3 is 2.92 bits per heavy atom. The third kappa shape index (κ3) is 4.73. The molecule has 1 aromatic rings. The minimum Gasteiger partial charge on any atom is -0.492 e. The van der Waals surface area contributed by atoms with Crippen LogP contribution >= 0.6 is 0 Å². The Balaban J connectivity index is 2.11. The summed E-state index contributed by atoms with van der Waals surface area (Å²) in [5.74, 6) is 0.884. The average molecular weight is 344 g/mol. The number of hydrogen-bond acceptors (Lipinski definition) is 4. The number of unbranched alkanes of at least 4 members (excludes halogenated alkanes) is 1. The smallest absolute Gasteiger partial charge is 0.256 e. The van der Waals surface area contributed by atoms with E-state index >= 15 is 0 Å². The van der Waals surface area contributed by atoms with Gasteiger partial charge in [-0.25, -0.2) is 0 Å². The summed E-state index contributed by atoms with van der Waals surface area (Å²) in [6.07, 6.45) is 5.53. The molecule has 136 valence electrons. The Morgan fingerprint density at radius 1 is 1.48 bits per heavy atom. The number of hydrogen-bond donors (Lipinski definition) is 1. The van der Waals surface area contributed by atoms with Gasteiger partial charge in [0, 0.05) is 12.8 Å². The van der Waals surface area contributed by atoms with E-state index in [9.17, 15) is 10.1 Å². The lowest BCUT2D eigenvalue weighted by Gasteiger charge is -2.37. The van der Waals surface area contributed by atoms with Crippen molar-refractivity contribution in [3.05, 3.63) is 23.8 Å². The maximum Gasteiger partial charge on any atom is 0.256 e. The molecular formula is C20H28N2O3. The molecule has 1 saturated carbocycles. The standard InChI is InChI=1S/C20H28N2O3/c1-4-5-11-25-18-9-8-17(12-16(18)14-21)22-19(23)20(24-3)10-6-7-15(2)13-20/h8-9,12,15H,4-7,10-11,13H2,1-3H3,(H,22,23)/t15-,20+/m0/s1. The van der Waals surface area contributed by atoms with E-state index in [2.05, 4.69) is 25.2 Å². The highest BCUT2D eigenvalue weighted by Crippen LogP contribution is 2.36. The van der Waals surface area contributed by atoms with Crippen molar-refractivity contribution in [3.8, 4) is 11.8 Å². The number of nitrogens with zero attached hydrogens (tertiary/aromatic N) is 1. The van der Waals surface area contributed by atoms with Gasteiger partial charge < -0.3 is 14.8 Å². The highest BCUT2D eigenvalue weighted by atomic mass is 16.5. The van der Waals surface area contributed by atoms with Crippen molar-refractivity contribution in [2.45, 2.75) is 58.0 Å². The van der Waals surface area contributed by atoms with Crippen LogP contribution in [0.2, 0.25) is 0 Å². The number of rotatable bonds is 7. The van der Waals surface area contributed by atoms with Crippen molar-refractivity contribution in [2.75, 3.05) is 19.0 Å². The van der Waals surface area contributed by atoms with Crippen LogP contribution in [0.4, 0.5) is 5.69 Å². The number of nitriles is 1. The highest BCUT2D eigenvalue weighted by Gasteiger charge is 2.42. The molecule has 0 radical (unpaired) electrons. The molecule has 0 aromatic heterocycles. The molecule has 5 heteroatoms. The second kappa shape index (κ2) is 8.87. The second-order valence-electron chi connectivity index (χ2n) is 6.88. The van der Waals surface area contributed by atoms with Crippen molar-refractivity contribution in [3.63, 3.8) is 0 Å². The number of carbonyl (C=O) groups is 1. The zero-order valence-corrected chi connectivity index (χ0v) is 15.4. The number of anilines is 1. The Hall–Kier alpha value is -2.06. The van der Waals surface area contributed by atoms with Crippen molar-refractivity contribution < 1.29 is 14.3 Å². The number of benzene rings is 1. The van der Waals surface area contributed by atoms with Crippen LogP contribution in [0.25, 0.3) is 0 Å². The van der Waals surface area contributed by atoms with Gasteiger partial charge in [0.1, 0.15) is 17.4 Å². The molecule has 1 N–H and O–H groups in total. The number of carbonyl (C=O) groups excluding carboxylic acids is 1. The van der Waals surface area contributed by atoms with Gasteiger partial charge in [0.15, 0.2) is 0 Å². The lowest BCUT2D eigenvalue weighted by atomic mass is 9.78. The number of amides is 1.